The minimum atomic E-state index is -0.351. The van der Waals surface area contributed by atoms with Gasteiger partial charge in [-0.2, -0.15) is 0 Å². The third-order valence-corrected chi connectivity index (χ3v) is 5.62. The Hall–Kier alpha value is -3.38. The van der Waals surface area contributed by atoms with Gasteiger partial charge in [0, 0.05) is 40.7 Å². The topological polar surface area (TPSA) is 50.7 Å². The monoisotopic (exact) mass is 386 g/mol. The highest BCUT2D eigenvalue weighted by atomic mass is 32.1. The predicted octanol–water partition coefficient (Wildman–Crippen LogP) is 5.75. The van der Waals surface area contributed by atoms with E-state index in [9.17, 15) is 0 Å². The molecule has 0 spiro atoms. The standard InChI is InChI=1S/C22H15FN4S/c1-24-22-17-6-5-16(13-4-7-18-14(11-13)8-10-28-18)19(23)20(17)26-21(27-22)15-3-2-9-25-12-15/h2-12H,1H3,(H,24,26,27). The predicted molar refractivity (Wildman–Crippen MR) is 113 cm³/mol. The highest BCUT2D eigenvalue weighted by Crippen LogP contribution is 2.34. The van der Waals surface area contributed by atoms with Crippen LogP contribution in [0.15, 0.2) is 66.3 Å². The first kappa shape index (κ1) is 16.8. The van der Waals surface area contributed by atoms with Gasteiger partial charge in [0.05, 0.1) is 0 Å². The van der Waals surface area contributed by atoms with Crippen LogP contribution in [0.3, 0.4) is 0 Å². The summed E-state index contributed by atoms with van der Waals surface area (Å²) in [4.78, 5) is 13.2. The number of hydrogen-bond donors (Lipinski definition) is 1. The van der Waals surface area contributed by atoms with Crippen molar-refractivity contribution in [3.8, 4) is 22.5 Å². The van der Waals surface area contributed by atoms with Gasteiger partial charge >= 0.3 is 0 Å². The van der Waals surface area contributed by atoms with Crippen LogP contribution < -0.4 is 5.32 Å². The molecule has 4 nitrogen and oxygen atoms in total. The van der Waals surface area contributed by atoms with Gasteiger partial charge in [-0.25, -0.2) is 14.4 Å². The van der Waals surface area contributed by atoms with Crippen LogP contribution in [0, 0.1) is 5.82 Å². The highest BCUT2D eigenvalue weighted by Gasteiger charge is 2.16. The summed E-state index contributed by atoms with van der Waals surface area (Å²) in [7, 11) is 1.77. The maximum Gasteiger partial charge on any atom is 0.163 e. The lowest BCUT2D eigenvalue weighted by Gasteiger charge is -2.11. The minimum absolute atomic E-state index is 0.293. The quantitative estimate of drug-likeness (QED) is 0.429. The SMILES string of the molecule is CNc1nc(-c2cccnc2)nc2c(F)c(-c3ccc4sccc4c3)ccc12. The van der Waals surface area contributed by atoms with Crippen molar-refractivity contribution in [2.24, 2.45) is 0 Å². The van der Waals surface area contributed by atoms with Crippen LogP contribution in [0.25, 0.3) is 43.5 Å². The van der Waals surface area contributed by atoms with E-state index in [1.807, 2.05) is 47.8 Å². The van der Waals surface area contributed by atoms with Crippen LogP contribution in [-0.4, -0.2) is 22.0 Å². The van der Waals surface area contributed by atoms with Crippen molar-refractivity contribution in [3.63, 3.8) is 0 Å². The number of nitrogens with zero attached hydrogens (tertiary/aromatic N) is 3. The second-order valence-corrected chi connectivity index (χ2v) is 7.33. The number of benzene rings is 2. The Kier molecular flexibility index (Phi) is 3.98. The molecule has 0 bridgehead atoms. The van der Waals surface area contributed by atoms with Gasteiger partial charge in [-0.3, -0.25) is 4.98 Å². The Morgan fingerprint density at radius 3 is 2.75 bits per heavy atom. The number of thiophene rings is 1. The molecule has 5 aromatic rings. The van der Waals surface area contributed by atoms with Gasteiger partial charge < -0.3 is 5.32 Å². The molecular weight excluding hydrogens is 371 g/mol. The van der Waals surface area contributed by atoms with Crippen LogP contribution in [0.2, 0.25) is 0 Å². The van der Waals surface area contributed by atoms with Gasteiger partial charge in [-0.1, -0.05) is 12.1 Å². The second-order valence-electron chi connectivity index (χ2n) is 6.38. The first-order chi connectivity index (χ1) is 13.7. The van der Waals surface area contributed by atoms with E-state index in [0.717, 1.165) is 16.5 Å². The Bertz CT molecular complexity index is 1310. The van der Waals surface area contributed by atoms with Gasteiger partial charge in [0.15, 0.2) is 11.6 Å². The highest BCUT2D eigenvalue weighted by molar-refractivity contribution is 7.17. The molecule has 0 saturated heterocycles. The molecule has 0 unspecified atom stereocenters. The fourth-order valence-electron chi connectivity index (χ4n) is 3.33. The summed E-state index contributed by atoms with van der Waals surface area (Å²) in [5.41, 5.74) is 2.39. The molecule has 2 aromatic carbocycles. The lowest BCUT2D eigenvalue weighted by atomic mass is 10.0. The number of anilines is 1. The molecule has 3 heterocycles. The number of halogens is 1. The van der Waals surface area contributed by atoms with Crippen molar-refractivity contribution < 1.29 is 4.39 Å². The van der Waals surface area contributed by atoms with Crippen molar-refractivity contribution in [3.05, 3.63) is 72.1 Å². The summed E-state index contributed by atoms with van der Waals surface area (Å²) in [5.74, 6) is 0.674. The number of hydrogen-bond acceptors (Lipinski definition) is 5. The zero-order chi connectivity index (χ0) is 19.1. The second kappa shape index (κ2) is 6.65. The molecule has 0 aliphatic heterocycles. The summed E-state index contributed by atoms with van der Waals surface area (Å²) in [6.45, 7) is 0. The van der Waals surface area contributed by atoms with Gasteiger partial charge in [0.2, 0.25) is 0 Å². The first-order valence-corrected chi connectivity index (χ1v) is 9.68. The third-order valence-electron chi connectivity index (χ3n) is 4.73. The maximum absolute atomic E-state index is 15.6. The maximum atomic E-state index is 15.6. The smallest absolute Gasteiger partial charge is 0.163 e. The van der Waals surface area contributed by atoms with Crippen molar-refractivity contribution in [1.29, 1.82) is 0 Å². The molecular formula is C22H15FN4S. The van der Waals surface area contributed by atoms with Crippen LogP contribution in [0.5, 0.6) is 0 Å². The molecule has 0 aliphatic carbocycles. The summed E-state index contributed by atoms with van der Waals surface area (Å²) in [6, 6.07) is 15.4. The van der Waals surface area contributed by atoms with E-state index in [-0.39, 0.29) is 5.82 Å². The van der Waals surface area contributed by atoms with E-state index in [2.05, 4.69) is 20.3 Å². The van der Waals surface area contributed by atoms with E-state index in [1.165, 1.54) is 4.70 Å². The molecule has 28 heavy (non-hydrogen) atoms. The summed E-state index contributed by atoms with van der Waals surface area (Å²) in [6.07, 6.45) is 3.36. The van der Waals surface area contributed by atoms with Crippen molar-refractivity contribution in [1.82, 2.24) is 15.0 Å². The molecule has 0 saturated carbocycles. The first-order valence-electron chi connectivity index (χ1n) is 8.80. The molecule has 3 aromatic heterocycles. The van der Waals surface area contributed by atoms with E-state index >= 15 is 4.39 Å². The number of pyridine rings is 1. The molecule has 0 amide bonds. The molecule has 1 N–H and O–H groups in total. The fourth-order valence-corrected chi connectivity index (χ4v) is 4.10. The Labute approximate surface area is 164 Å². The number of rotatable bonds is 3. The van der Waals surface area contributed by atoms with Crippen molar-refractivity contribution in [2.45, 2.75) is 0 Å². The average molecular weight is 386 g/mol. The normalized spacial score (nSPS) is 11.2. The Morgan fingerprint density at radius 1 is 1.00 bits per heavy atom. The molecule has 6 heteroatoms. The van der Waals surface area contributed by atoms with Crippen LogP contribution in [-0.2, 0) is 0 Å². The van der Waals surface area contributed by atoms with Crippen molar-refractivity contribution >= 4 is 38.1 Å². The Balaban J connectivity index is 1.75. The van der Waals surface area contributed by atoms with E-state index < -0.39 is 0 Å². The zero-order valence-electron chi connectivity index (χ0n) is 15.0. The average Bonchev–Trinajstić information content (AvgIpc) is 3.22. The van der Waals surface area contributed by atoms with Gasteiger partial charge in [0.25, 0.3) is 0 Å². The largest absolute Gasteiger partial charge is 0.373 e. The lowest BCUT2D eigenvalue weighted by molar-refractivity contribution is 0.640. The van der Waals surface area contributed by atoms with Crippen LogP contribution >= 0.6 is 11.3 Å². The summed E-state index contributed by atoms with van der Waals surface area (Å²) >= 11 is 1.67. The molecule has 0 aliphatic rings. The minimum Gasteiger partial charge on any atom is -0.373 e. The summed E-state index contributed by atoms with van der Waals surface area (Å²) in [5, 5.41) is 6.84. The number of nitrogens with one attached hydrogen (secondary N) is 1. The van der Waals surface area contributed by atoms with Gasteiger partial charge in [-0.15, -0.1) is 11.3 Å². The van der Waals surface area contributed by atoms with Crippen molar-refractivity contribution in [2.75, 3.05) is 12.4 Å². The summed E-state index contributed by atoms with van der Waals surface area (Å²) < 4.78 is 16.7. The molecule has 0 fully saturated rings. The zero-order valence-corrected chi connectivity index (χ0v) is 15.8. The Morgan fingerprint density at radius 2 is 1.93 bits per heavy atom. The third kappa shape index (κ3) is 2.70. The molecule has 136 valence electrons. The molecule has 0 radical (unpaired) electrons. The van der Waals surface area contributed by atoms with Gasteiger partial charge in [-0.05, 0) is 52.7 Å². The molecule has 5 rings (SSSR count). The lowest BCUT2D eigenvalue weighted by Crippen LogP contribution is -2.01. The van der Waals surface area contributed by atoms with Crippen LogP contribution in [0.4, 0.5) is 10.2 Å². The number of fused-ring (bicyclic) bond motifs is 2. The fraction of sp³-hybridized carbons (Fsp3) is 0.0455. The molecule has 0 atom stereocenters. The van der Waals surface area contributed by atoms with E-state index in [1.54, 1.807) is 36.8 Å². The number of aromatic nitrogens is 3. The van der Waals surface area contributed by atoms with Gasteiger partial charge in [0.1, 0.15) is 11.3 Å². The van der Waals surface area contributed by atoms with E-state index in [4.69, 9.17) is 0 Å². The van der Waals surface area contributed by atoms with Crippen LogP contribution in [0.1, 0.15) is 0 Å². The van der Waals surface area contributed by atoms with E-state index in [0.29, 0.717) is 28.1 Å².